The molecular formula is C24H30N4O6S. The van der Waals surface area contributed by atoms with Crippen molar-refractivity contribution in [3.8, 4) is 5.75 Å². The molecule has 0 bridgehead atoms. The summed E-state index contributed by atoms with van der Waals surface area (Å²) in [6.45, 7) is 5.50. The third kappa shape index (κ3) is 5.01. The number of hydrogen-bond donors (Lipinski definition) is 2. The number of sulfonamides is 1. The zero-order valence-corrected chi connectivity index (χ0v) is 21.0. The highest BCUT2D eigenvalue weighted by Crippen LogP contribution is 2.33. The maximum atomic E-state index is 13.2. The Labute approximate surface area is 205 Å². The summed E-state index contributed by atoms with van der Waals surface area (Å²) in [5.74, 6) is -0.496. The minimum absolute atomic E-state index is 0.112. The molecule has 3 rings (SSSR count). The molecule has 4 amide bonds. The molecule has 2 aromatic carbocycles. The number of nitrogens with one attached hydrogen (secondary N) is 2. The van der Waals surface area contributed by atoms with Crippen LogP contribution in [0.3, 0.4) is 0 Å². The number of imide groups is 1. The van der Waals surface area contributed by atoms with Crippen LogP contribution < -0.4 is 15.4 Å². The molecule has 10 nitrogen and oxygen atoms in total. The summed E-state index contributed by atoms with van der Waals surface area (Å²) in [5.41, 5.74) is -0.339. The van der Waals surface area contributed by atoms with Crippen LogP contribution in [0.15, 0.2) is 53.4 Å². The number of nitrogens with zero attached hydrogens (tertiary/aromatic N) is 2. The highest BCUT2D eigenvalue weighted by Gasteiger charge is 2.51. The number of methoxy groups -OCH3 is 1. The molecule has 1 saturated heterocycles. The SMILES string of the molecule is CCN(CC)S(=O)(=O)c1ccc(NC(=O)CN2C(=O)N[C@@](CC)(c3ccc(OC)cc3)C2=O)cc1. The van der Waals surface area contributed by atoms with Crippen LogP contribution in [0.25, 0.3) is 0 Å². The monoisotopic (exact) mass is 502 g/mol. The van der Waals surface area contributed by atoms with Crippen LogP contribution in [0, 0.1) is 0 Å². The number of anilines is 1. The van der Waals surface area contributed by atoms with Gasteiger partial charge in [-0.15, -0.1) is 0 Å². The first-order valence-electron chi connectivity index (χ1n) is 11.3. The molecule has 1 aliphatic heterocycles. The molecule has 1 heterocycles. The molecular weight excluding hydrogens is 472 g/mol. The van der Waals surface area contributed by atoms with Crippen molar-refractivity contribution in [3.05, 3.63) is 54.1 Å². The molecule has 35 heavy (non-hydrogen) atoms. The normalized spacial score (nSPS) is 18.0. The second kappa shape index (κ2) is 10.4. The molecule has 0 unspecified atom stereocenters. The molecule has 1 atom stereocenters. The second-order valence-electron chi connectivity index (χ2n) is 7.97. The van der Waals surface area contributed by atoms with Gasteiger partial charge >= 0.3 is 6.03 Å². The maximum absolute atomic E-state index is 13.2. The van der Waals surface area contributed by atoms with Gasteiger partial charge in [0, 0.05) is 18.8 Å². The van der Waals surface area contributed by atoms with E-state index in [0.717, 1.165) is 4.90 Å². The number of ether oxygens (including phenoxy) is 1. The Morgan fingerprint density at radius 3 is 2.14 bits per heavy atom. The summed E-state index contributed by atoms with van der Waals surface area (Å²) < 4.78 is 31.7. The fraction of sp³-hybridized carbons (Fsp3) is 0.375. The third-order valence-corrected chi connectivity index (χ3v) is 8.14. The van der Waals surface area contributed by atoms with Gasteiger partial charge in [0.25, 0.3) is 5.91 Å². The van der Waals surface area contributed by atoms with Crippen molar-refractivity contribution in [2.24, 2.45) is 0 Å². The molecule has 0 spiro atoms. The predicted molar refractivity (Wildman–Crippen MR) is 130 cm³/mol. The van der Waals surface area contributed by atoms with Crippen molar-refractivity contribution < 1.29 is 27.5 Å². The smallest absolute Gasteiger partial charge is 0.325 e. The van der Waals surface area contributed by atoms with E-state index in [1.54, 1.807) is 45.0 Å². The van der Waals surface area contributed by atoms with Gasteiger partial charge in [0.15, 0.2) is 0 Å². The van der Waals surface area contributed by atoms with E-state index in [2.05, 4.69) is 10.6 Å². The van der Waals surface area contributed by atoms with Crippen LogP contribution in [-0.2, 0) is 25.2 Å². The van der Waals surface area contributed by atoms with Crippen molar-refractivity contribution >= 4 is 33.6 Å². The predicted octanol–water partition coefficient (Wildman–Crippen LogP) is 2.52. The summed E-state index contributed by atoms with van der Waals surface area (Å²) in [5, 5.41) is 5.34. The van der Waals surface area contributed by atoms with E-state index in [1.165, 1.54) is 35.7 Å². The van der Waals surface area contributed by atoms with Gasteiger partial charge in [-0.1, -0.05) is 32.9 Å². The zero-order chi connectivity index (χ0) is 25.8. The molecule has 2 N–H and O–H groups in total. The number of urea groups is 1. The molecule has 0 aliphatic carbocycles. The van der Waals surface area contributed by atoms with Gasteiger partial charge in [0.05, 0.1) is 12.0 Å². The highest BCUT2D eigenvalue weighted by atomic mass is 32.2. The summed E-state index contributed by atoms with van der Waals surface area (Å²) in [6.07, 6.45) is 0.296. The van der Waals surface area contributed by atoms with Crippen molar-refractivity contribution in [1.82, 2.24) is 14.5 Å². The Morgan fingerprint density at radius 1 is 1.03 bits per heavy atom. The summed E-state index contributed by atoms with van der Waals surface area (Å²) in [6, 6.07) is 11.9. The van der Waals surface area contributed by atoms with E-state index >= 15 is 0 Å². The Kier molecular flexibility index (Phi) is 7.81. The number of rotatable bonds is 10. The topological polar surface area (TPSA) is 125 Å². The summed E-state index contributed by atoms with van der Waals surface area (Å²) in [4.78, 5) is 39.5. The van der Waals surface area contributed by atoms with Crippen molar-refractivity contribution in [2.75, 3.05) is 32.1 Å². The minimum atomic E-state index is -3.62. The van der Waals surface area contributed by atoms with Gasteiger partial charge in [0.1, 0.15) is 17.8 Å². The Balaban J connectivity index is 1.72. The van der Waals surface area contributed by atoms with E-state index in [0.29, 0.717) is 36.5 Å². The number of benzene rings is 2. The number of carbonyl (C=O) groups is 3. The fourth-order valence-corrected chi connectivity index (χ4v) is 5.51. The lowest BCUT2D eigenvalue weighted by Crippen LogP contribution is -2.44. The Bertz CT molecular complexity index is 1190. The van der Waals surface area contributed by atoms with Crippen LogP contribution in [0.5, 0.6) is 5.75 Å². The first-order chi connectivity index (χ1) is 16.6. The Morgan fingerprint density at radius 2 is 1.63 bits per heavy atom. The quantitative estimate of drug-likeness (QED) is 0.481. The van der Waals surface area contributed by atoms with E-state index in [9.17, 15) is 22.8 Å². The van der Waals surface area contributed by atoms with E-state index < -0.39 is 40.0 Å². The van der Waals surface area contributed by atoms with E-state index in [-0.39, 0.29) is 4.90 Å². The lowest BCUT2D eigenvalue weighted by molar-refractivity contribution is -0.134. The molecule has 0 saturated carbocycles. The molecule has 1 fully saturated rings. The van der Waals surface area contributed by atoms with Gasteiger partial charge in [-0.3, -0.25) is 14.5 Å². The molecule has 2 aromatic rings. The van der Waals surface area contributed by atoms with E-state index in [1.807, 2.05) is 0 Å². The standard InChI is InChI=1S/C24H30N4O6S/c1-5-24(17-8-12-19(34-4)13-9-17)22(30)28(23(31)26-24)16-21(29)25-18-10-14-20(15-11-18)35(32,33)27(6-2)7-3/h8-15H,5-7,16H2,1-4H3,(H,25,29)(H,26,31)/t24-/m0/s1. The molecule has 0 aromatic heterocycles. The van der Waals surface area contributed by atoms with Crippen LogP contribution in [0.1, 0.15) is 32.8 Å². The fourth-order valence-electron chi connectivity index (χ4n) is 4.05. The highest BCUT2D eigenvalue weighted by molar-refractivity contribution is 7.89. The largest absolute Gasteiger partial charge is 0.497 e. The van der Waals surface area contributed by atoms with Gasteiger partial charge in [-0.05, 0) is 48.4 Å². The minimum Gasteiger partial charge on any atom is -0.497 e. The zero-order valence-electron chi connectivity index (χ0n) is 20.2. The first kappa shape index (κ1) is 26.2. The van der Waals surface area contributed by atoms with Crippen molar-refractivity contribution in [2.45, 2.75) is 37.6 Å². The number of amides is 4. The van der Waals surface area contributed by atoms with Crippen molar-refractivity contribution in [3.63, 3.8) is 0 Å². The number of hydrogen-bond acceptors (Lipinski definition) is 6. The van der Waals surface area contributed by atoms with Crippen LogP contribution >= 0.6 is 0 Å². The van der Waals surface area contributed by atoms with E-state index in [4.69, 9.17) is 4.74 Å². The maximum Gasteiger partial charge on any atom is 0.325 e. The van der Waals surface area contributed by atoms with Gasteiger partial charge < -0.3 is 15.4 Å². The third-order valence-electron chi connectivity index (χ3n) is 6.07. The van der Waals surface area contributed by atoms with Gasteiger partial charge in [-0.2, -0.15) is 4.31 Å². The molecule has 11 heteroatoms. The molecule has 1 aliphatic rings. The molecule has 0 radical (unpaired) electrons. The average Bonchev–Trinajstić information content (AvgIpc) is 3.10. The number of carbonyl (C=O) groups excluding carboxylic acids is 3. The molecule has 188 valence electrons. The van der Waals surface area contributed by atoms with Crippen LogP contribution in [-0.4, -0.2) is 62.2 Å². The average molecular weight is 503 g/mol. The Hall–Kier alpha value is -3.44. The summed E-state index contributed by atoms with van der Waals surface area (Å²) in [7, 11) is -2.09. The van der Waals surface area contributed by atoms with Crippen molar-refractivity contribution in [1.29, 1.82) is 0 Å². The van der Waals surface area contributed by atoms with Gasteiger partial charge in [-0.25, -0.2) is 13.2 Å². The first-order valence-corrected chi connectivity index (χ1v) is 12.8. The van der Waals surface area contributed by atoms with Crippen LogP contribution in [0.4, 0.5) is 10.5 Å². The lowest BCUT2D eigenvalue weighted by Gasteiger charge is -2.26. The summed E-state index contributed by atoms with van der Waals surface area (Å²) >= 11 is 0. The lowest BCUT2D eigenvalue weighted by atomic mass is 9.87. The van der Waals surface area contributed by atoms with Crippen LogP contribution in [0.2, 0.25) is 0 Å². The van der Waals surface area contributed by atoms with Gasteiger partial charge in [0.2, 0.25) is 15.9 Å². The second-order valence-corrected chi connectivity index (χ2v) is 9.91.